The van der Waals surface area contributed by atoms with Gasteiger partial charge in [0.05, 0.1) is 104 Å². The van der Waals surface area contributed by atoms with E-state index in [2.05, 4.69) is 29.1 Å². The number of nitrogens with zero attached hydrogens (tertiary/aromatic N) is 8. The van der Waals surface area contributed by atoms with Crippen molar-refractivity contribution in [1.29, 1.82) is 26.3 Å². The zero-order valence-electron chi connectivity index (χ0n) is 34.1. The third-order valence-electron chi connectivity index (χ3n) is 12.0. The molecule has 2 heterocycles. The molecule has 2 aromatic heterocycles. The number of rotatable bonds is 5. The fourth-order valence-corrected chi connectivity index (χ4v) is 9.00. The van der Waals surface area contributed by atoms with E-state index in [1.807, 2.05) is 100 Å². The smallest absolute Gasteiger partial charge is 0.308 e. The van der Waals surface area contributed by atoms with Crippen LogP contribution < -0.4 is 0 Å². The van der Waals surface area contributed by atoms with Crippen LogP contribution >= 0.6 is 0 Å². The highest BCUT2D eigenvalue weighted by Gasteiger charge is 2.32. The van der Waals surface area contributed by atoms with Crippen molar-refractivity contribution in [3.05, 3.63) is 196 Å². The van der Waals surface area contributed by atoms with Crippen molar-refractivity contribution < 1.29 is 13.2 Å². The maximum atomic E-state index is 14.0. The first-order valence-electron chi connectivity index (χ1n) is 20.2. The van der Waals surface area contributed by atoms with Gasteiger partial charge < -0.3 is 9.13 Å². The fourth-order valence-electron chi connectivity index (χ4n) is 9.00. The molecule has 0 aliphatic rings. The topological polar surface area (TPSA) is 133 Å². The van der Waals surface area contributed by atoms with Gasteiger partial charge in [-0.3, -0.25) is 0 Å². The quantitative estimate of drug-likeness (QED) is 0.159. The predicted molar refractivity (Wildman–Crippen MR) is 246 cm³/mol. The lowest BCUT2D eigenvalue weighted by Crippen LogP contribution is -2.06. The van der Waals surface area contributed by atoms with Gasteiger partial charge in [0.2, 0.25) is 0 Å². The molecule has 10 aromatic rings. The van der Waals surface area contributed by atoms with Gasteiger partial charge in [-0.25, -0.2) is 4.85 Å². The van der Waals surface area contributed by atoms with Crippen molar-refractivity contribution in [2.24, 2.45) is 0 Å². The summed E-state index contributed by atoms with van der Waals surface area (Å²) in [7, 11) is 0. The molecule has 8 aromatic carbocycles. The molecule has 0 unspecified atom stereocenters. The Balaban J connectivity index is 1.31. The minimum atomic E-state index is -4.71. The zero-order chi connectivity index (χ0) is 45.9. The summed E-state index contributed by atoms with van der Waals surface area (Å²) < 4.78 is 46.0. The lowest BCUT2D eigenvalue weighted by atomic mass is 9.95. The Morgan fingerprint density at radius 2 is 0.879 bits per heavy atom. The van der Waals surface area contributed by atoms with E-state index in [-0.39, 0.29) is 22.4 Å². The summed E-state index contributed by atoms with van der Waals surface area (Å²) in [4.78, 5) is 3.93. The molecule has 0 amide bonds. The van der Waals surface area contributed by atoms with Crippen LogP contribution in [0.5, 0.6) is 0 Å². The molecular weight excluding hydrogens is 830 g/mol. The van der Waals surface area contributed by atoms with Crippen LogP contribution in [0.3, 0.4) is 0 Å². The molecule has 306 valence electrons. The van der Waals surface area contributed by atoms with E-state index in [9.17, 15) is 39.5 Å². The molecule has 0 radical (unpaired) electrons. The van der Waals surface area contributed by atoms with Gasteiger partial charge in [0.1, 0.15) is 0 Å². The molecular formula is C55H25F3N8. The van der Waals surface area contributed by atoms with Gasteiger partial charge in [-0.2, -0.15) is 39.5 Å². The van der Waals surface area contributed by atoms with E-state index in [0.29, 0.717) is 44.8 Å². The SMILES string of the molecule is [C-]#[N+]c1cc(-n2c3ccccc3c3cc(-c4ccc(C#N)cc4C#N)ccc32)c(-n2c3ccccc3c3cc(-c4ccc(C#N)cc4C#N)ccc32)cc1-c1ccc(C(F)(F)F)cc1C#N. The van der Waals surface area contributed by atoms with Gasteiger partial charge >= 0.3 is 6.18 Å². The van der Waals surface area contributed by atoms with Crippen LogP contribution in [0, 0.1) is 63.2 Å². The minimum Gasteiger partial charge on any atom is -0.308 e. The van der Waals surface area contributed by atoms with Crippen molar-refractivity contribution in [2.75, 3.05) is 0 Å². The van der Waals surface area contributed by atoms with Crippen LogP contribution in [0.25, 0.3) is 93.2 Å². The Hall–Kier alpha value is -9.91. The molecule has 0 fully saturated rings. The average Bonchev–Trinajstić information content (AvgIpc) is 3.86. The van der Waals surface area contributed by atoms with Crippen LogP contribution in [0.4, 0.5) is 18.9 Å². The molecule has 0 bridgehead atoms. The Kier molecular flexibility index (Phi) is 9.41. The van der Waals surface area contributed by atoms with Gasteiger partial charge in [-0.1, -0.05) is 66.7 Å². The third kappa shape index (κ3) is 6.34. The number of nitriles is 5. The monoisotopic (exact) mass is 854 g/mol. The largest absolute Gasteiger partial charge is 0.416 e. The lowest BCUT2D eigenvalue weighted by molar-refractivity contribution is -0.137. The molecule has 8 nitrogen and oxygen atoms in total. The van der Waals surface area contributed by atoms with Crippen molar-refractivity contribution in [3.8, 4) is 75.1 Å². The Morgan fingerprint density at radius 1 is 0.424 bits per heavy atom. The Bertz CT molecular complexity index is 4020. The summed E-state index contributed by atoms with van der Waals surface area (Å²) in [6, 6.07) is 54.0. The van der Waals surface area contributed by atoms with Crippen LogP contribution in [-0.2, 0) is 6.18 Å². The number of halogens is 3. The van der Waals surface area contributed by atoms with Crippen molar-refractivity contribution in [3.63, 3.8) is 0 Å². The summed E-state index contributed by atoms with van der Waals surface area (Å²) in [5.74, 6) is 0. The lowest BCUT2D eigenvalue weighted by Gasteiger charge is -2.20. The first-order chi connectivity index (χ1) is 32.1. The Labute approximate surface area is 374 Å². The molecule has 0 aliphatic heterocycles. The maximum Gasteiger partial charge on any atom is 0.416 e. The number of para-hydroxylation sites is 2. The summed E-state index contributed by atoms with van der Waals surface area (Å²) in [5, 5.41) is 52.9. The summed E-state index contributed by atoms with van der Waals surface area (Å²) in [6.07, 6.45) is -4.71. The molecule has 10 rings (SSSR count). The standard InChI is InChI=1S/C55H25F3N8/c1-64-48-26-54(66-50-9-5-3-7-44(50)47-24-35(13-19-52(47)66)41-16-11-33(28-60)21-37(41)30-62)53(25-45(48)42-17-14-39(55(56,57)58)22-38(42)31-63)65-49-8-4-2-6-43(49)46-23-34(12-18-51(46)65)40-15-10-32(27-59)20-36(40)29-61/h2-26H. The number of hydrogen-bond donors (Lipinski definition) is 0. The molecule has 0 N–H and O–H groups in total. The normalized spacial score (nSPS) is 11.2. The number of aromatic nitrogens is 2. The number of alkyl halides is 3. The van der Waals surface area contributed by atoms with Crippen molar-refractivity contribution in [2.45, 2.75) is 6.18 Å². The second-order valence-corrected chi connectivity index (χ2v) is 15.5. The van der Waals surface area contributed by atoms with E-state index in [4.69, 9.17) is 6.57 Å². The Morgan fingerprint density at radius 3 is 1.35 bits per heavy atom. The van der Waals surface area contributed by atoms with Gasteiger partial charge in [-0.15, -0.1) is 0 Å². The fraction of sp³-hybridized carbons (Fsp3) is 0.0182. The molecule has 0 saturated heterocycles. The van der Waals surface area contributed by atoms with E-state index >= 15 is 0 Å². The van der Waals surface area contributed by atoms with Crippen LogP contribution in [0.15, 0.2) is 152 Å². The summed E-state index contributed by atoms with van der Waals surface area (Å²) >= 11 is 0. The summed E-state index contributed by atoms with van der Waals surface area (Å²) in [6.45, 7) is 8.47. The van der Waals surface area contributed by atoms with Crippen LogP contribution in [0.2, 0.25) is 0 Å². The highest BCUT2D eigenvalue weighted by molar-refractivity contribution is 6.13. The first kappa shape index (κ1) is 40.2. The van der Waals surface area contributed by atoms with Gasteiger partial charge in [0, 0.05) is 21.5 Å². The molecule has 0 spiro atoms. The number of fused-ring (bicyclic) bond motifs is 6. The minimum absolute atomic E-state index is 0.0942. The molecule has 0 saturated carbocycles. The highest BCUT2D eigenvalue weighted by Crippen LogP contribution is 2.45. The number of benzene rings is 8. The third-order valence-corrected chi connectivity index (χ3v) is 12.0. The summed E-state index contributed by atoms with van der Waals surface area (Å²) in [5.41, 5.74) is 7.52. The highest BCUT2D eigenvalue weighted by atomic mass is 19.4. The molecule has 11 heteroatoms. The average molecular weight is 855 g/mol. The van der Waals surface area contributed by atoms with Crippen LogP contribution in [0.1, 0.15) is 33.4 Å². The predicted octanol–water partition coefficient (Wildman–Crippen LogP) is 13.8. The van der Waals surface area contributed by atoms with Crippen LogP contribution in [-0.4, -0.2) is 9.13 Å². The van der Waals surface area contributed by atoms with Crippen molar-refractivity contribution in [1.82, 2.24) is 9.13 Å². The maximum absolute atomic E-state index is 14.0. The van der Waals surface area contributed by atoms with E-state index in [1.54, 1.807) is 48.5 Å². The number of hydrogen-bond acceptors (Lipinski definition) is 5. The van der Waals surface area contributed by atoms with E-state index < -0.39 is 11.7 Å². The van der Waals surface area contributed by atoms with Crippen molar-refractivity contribution >= 4 is 49.3 Å². The molecule has 0 aliphatic carbocycles. The van der Waals surface area contributed by atoms with Gasteiger partial charge in [-0.05, 0) is 118 Å². The zero-order valence-corrected chi connectivity index (χ0v) is 34.1. The molecule has 0 atom stereocenters. The van der Waals surface area contributed by atoms with Gasteiger partial charge in [0.25, 0.3) is 0 Å². The van der Waals surface area contributed by atoms with E-state index in [0.717, 1.165) is 66.9 Å². The van der Waals surface area contributed by atoms with Gasteiger partial charge in [0.15, 0.2) is 5.69 Å². The first-order valence-corrected chi connectivity index (χ1v) is 20.2. The van der Waals surface area contributed by atoms with E-state index in [1.165, 1.54) is 6.07 Å². The molecule has 66 heavy (non-hydrogen) atoms. The second kappa shape index (κ2) is 15.5. The second-order valence-electron chi connectivity index (χ2n) is 15.5.